The van der Waals surface area contributed by atoms with E-state index >= 15 is 0 Å². The molecule has 0 spiro atoms. The van der Waals surface area contributed by atoms with Crippen molar-refractivity contribution in [2.45, 2.75) is 77.3 Å². The van der Waals surface area contributed by atoms with Gasteiger partial charge in [0, 0.05) is 56.5 Å². The summed E-state index contributed by atoms with van der Waals surface area (Å²) in [6.07, 6.45) is 4.37. The van der Waals surface area contributed by atoms with Crippen LogP contribution in [0.2, 0.25) is 25.7 Å². The number of rotatable bonds is 10. The van der Waals surface area contributed by atoms with Gasteiger partial charge in [0.05, 0.1) is 16.9 Å². The molecule has 0 bridgehead atoms. The normalized spacial score (nSPS) is 16.2. The number of nitrogens with one attached hydrogen (secondary N) is 1. The summed E-state index contributed by atoms with van der Waals surface area (Å²) in [6, 6.07) is 15.3. The summed E-state index contributed by atoms with van der Waals surface area (Å²) in [5.74, 6) is -0.432. The number of hydrogen-bond donors (Lipinski definition) is 1. The first-order valence-corrected chi connectivity index (χ1v) is 20.0. The maximum atomic E-state index is 14.2. The summed E-state index contributed by atoms with van der Waals surface area (Å²) >= 11 is 0. The number of halogens is 1. The summed E-state index contributed by atoms with van der Waals surface area (Å²) in [5, 5.41) is 8.45. The molecule has 0 radical (unpaired) electrons. The maximum Gasteiger partial charge on any atom is 0.410 e. The maximum absolute atomic E-state index is 14.2. The number of carbonyl (C=O) groups excluding carboxylic acids is 2. The molecule has 1 N–H and O–H groups in total. The van der Waals surface area contributed by atoms with Gasteiger partial charge in [0.2, 0.25) is 0 Å². The number of pyridine rings is 1. The number of aryl methyl sites for hydroxylation is 1. The van der Waals surface area contributed by atoms with Crippen LogP contribution in [0.25, 0.3) is 10.9 Å². The first-order chi connectivity index (χ1) is 22.5. The summed E-state index contributed by atoms with van der Waals surface area (Å²) in [7, 11) is -1.16. The largest absolute Gasteiger partial charge is 0.439 e. The molecular formula is C35H43FN6O4Si-. The minimum Gasteiger partial charge on any atom is -0.439 e. The van der Waals surface area contributed by atoms with E-state index in [4.69, 9.17) is 14.6 Å². The number of benzene rings is 2. The SMILES string of the molecule is Cc1cc(CC(OC(=O)N2CCC(N3Cc4cccc(F)c4NC3=O)CC2)c2ccccn2)cc2cn(COCC[Si-](C)(C)C)nc12. The van der Waals surface area contributed by atoms with Gasteiger partial charge in [0.25, 0.3) is 0 Å². The van der Waals surface area contributed by atoms with Crippen LogP contribution in [-0.4, -0.2) is 70.5 Å². The Morgan fingerprint density at radius 3 is 2.68 bits per heavy atom. The van der Waals surface area contributed by atoms with Crippen LogP contribution < -0.4 is 5.32 Å². The van der Waals surface area contributed by atoms with Crippen molar-refractivity contribution >= 4 is 36.8 Å². The number of para-hydroxylation sites is 1. The van der Waals surface area contributed by atoms with Gasteiger partial charge in [-0.15, -0.1) is 14.1 Å². The molecular weight excluding hydrogens is 616 g/mol. The molecule has 2 aliphatic rings. The van der Waals surface area contributed by atoms with Crippen LogP contribution in [-0.2, 0) is 29.2 Å². The number of carbonyl (C=O) groups is 2. The van der Waals surface area contributed by atoms with E-state index in [1.54, 1.807) is 22.1 Å². The Bertz CT molecular complexity index is 1740. The van der Waals surface area contributed by atoms with E-state index in [1.807, 2.05) is 42.1 Å². The lowest BCUT2D eigenvalue weighted by atomic mass is 10.0. The van der Waals surface area contributed by atoms with Crippen molar-refractivity contribution in [2.24, 2.45) is 0 Å². The van der Waals surface area contributed by atoms with Crippen LogP contribution in [0.4, 0.5) is 19.7 Å². The molecule has 0 aliphatic carbocycles. The van der Waals surface area contributed by atoms with E-state index in [0.717, 1.165) is 40.2 Å². The molecule has 3 amide bonds. The standard InChI is InChI=1S/C35H43FN6O4Si/c1-24-18-25(19-27-21-41(39-32(24)27)23-45-16-17-47(2,3)4)20-31(30-10-5-6-13-37-30)46-35(44)40-14-11-28(12-15-40)42-22-26-8-7-9-29(36)33(26)38-34(42)43/h5-10,13,18-19,21,28,31H,11-12,14-17,20,22-23H2,1-4H3,(H,38,43)/q-1. The monoisotopic (exact) mass is 658 g/mol. The third-order valence-corrected chi connectivity index (χ3v) is 10.6. The van der Waals surface area contributed by atoms with Crippen molar-refractivity contribution < 1.29 is 23.5 Å². The Balaban J connectivity index is 1.10. The molecule has 12 heteroatoms. The molecule has 2 aliphatic heterocycles. The van der Waals surface area contributed by atoms with E-state index in [1.165, 1.54) is 6.07 Å². The van der Waals surface area contributed by atoms with E-state index in [-0.39, 0.29) is 17.8 Å². The fourth-order valence-corrected chi connectivity index (χ4v) is 7.03. The lowest BCUT2D eigenvalue weighted by Crippen LogP contribution is -2.51. The van der Waals surface area contributed by atoms with E-state index < -0.39 is 26.1 Å². The Morgan fingerprint density at radius 1 is 1.13 bits per heavy atom. The molecule has 4 heterocycles. The van der Waals surface area contributed by atoms with Crippen LogP contribution in [0.1, 0.15) is 41.3 Å². The van der Waals surface area contributed by atoms with Gasteiger partial charge in [-0.25, -0.2) is 18.7 Å². The Labute approximate surface area is 275 Å². The van der Waals surface area contributed by atoms with Crippen molar-refractivity contribution in [2.75, 3.05) is 25.0 Å². The van der Waals surface area contributed by atoms with E-state index in [2.05, 4.69) is 42.1 Å². The quantitative estimate of drug-likeness (QED) is 0.144. The molecule has 249 valence electrons. The van der Waals surface area contributed by atoms with E-state index in [9.17, 15) is 14.0 Å². The summed E-state index contributed by atoms with van der Waals surface area (Å²) in [6.45, 7) is 11.4. The van der Waals surface area contributed by atoms with Gasteiger partial charge >= 0.3 is 12.1 Å². The van der Waals surface area contributed by atoms with Crippen molar-refractivity contribution in [1.29, 1.82) is 0 Å². The highest BCUT2D eigenvalue weighted by Crippen LogP contribution is 2.31. The number of fused-ring (bicyclic) bond motifs is 2. The van der Waals surface area contributed by atoms with Crippen molar-refractivity contribution in [3.8, 4) is 0 Å². The van der Waals surface area contributed by atoms with Gasteiger partial charge in [-0.1, -0.05) is 24.3 Å². The average molecular weight is 659 g/mol. The highest BCUT2D eigenvalue weighted by atomic mass is 28.3. The molecule has 0 saturated carbocycles. The zero-order valence-electron chi connectivity index (χ0n) is 27.5. The Hall–Kier alpha value is -4.29. The predicted molar refractivity (Wildman–Crippen MR) is 181 cm³/mol. The summed E-state index contributed by atoms with van der Waals surface area (Å²) < 4.78 is 28.1. The minimum atomic E-state index is -1.16. The molecule has 1 atom stereocenters. The second-order valence-corrected chi connectivity index (χ2v) is 19.4. The number of nitrogens with zero attached hydrogens (tertiary/aromatic N) is 5. The Kier molecular flexibility index (Phi) is 9.60. The first-order valence-electron chi connectivity index (χ1n) is 16.3. The van der Waals surface area contributed by atoms with Crippen LogP contribution in [0.15, 0.2) is 60.9 Å². The van der Waals surface area contributed by atoms with Gasteiger partial charge in [0.1, 0.15) is 18.7 Å². The van der Waals surface area contributed by atoms with E-state index in [0.29, 0.717) is 51.3 Å². The van der Waals surface area contributed by atoms with Crippen LogP contribution in [0, 0.1) is 12.7 Å². The highest BCUT2D eigenvalue weighted by Gasteiger charge is 2.34. The number of anilines is 1. The van der Waals surface area contributed by atoms with Crippen molar-refractivity contribution in [3.05, 3.63) is 89.1 Å². The molecule has 1 fully saturated rings. The zero-order valence-corrected chi connectivity index (χ0v) is 28.5. The molecule has 10 nitrogen and oxygen atoms in total. The predicted octanol–water partition coefficient (Wildman–Crippen LogP) is 7.12. The lowest BCUT2D eigenvalue weighted by molar-refractivity contribution is 0.0463. The number of hydrogen-bond acceptors (Lipinski definition) is 6. The van der Waals surface area contributed by atoms with Crippen LogP contribution >= 0.6 is 0 Å². The molecule has 47 heavy (non-hydrogen) atoms. The number of ether oxygens (including phenoxy) is 2. The van der Waals surface area contributed by atoms with Crippen LogP contribution in [0.3, 0.4) is 0 Å². The molecule has 1 unspecified atom stereocenters. The third kappa shape index (κ3) is 7.82. The highest BCUT2D eigenvalue weighted by molar-refractivity contribution is 6.76. The number of urea groups is 1. The smallest absolute Gasteiger partial charge is 0.410 e. The van der Waals surface area contributed by atoms with Gasteiger partial charge in [0.15, 0.2) is 0 Å². The fraction of sp³-hybridized carbons (Fsp3) is 0.429. The number of amides is 3. The molecule has 2 aromatic carbocycles. The summed E-state index contributed by atoms with van der Waals surface area (Å²) in [4.78, 5) is 34.3. The van der Waals surface area contributed by atoms with Gasteiger partial charge in [-0.3, -0.25) is 4.98 Å². The molecule has 1 saturated heterocycles. The van der Waals surface area contributed by atoms with Crippen molar-refractivity contribution in [1.82, 2.24) is 24.6 Å². The van der Waals surface area contributed by atoms with Crippen LogP contribution in [0.5, 0.6) is 0 Å². The Morgan fingerprint density at radius 2 is 1.94 bits per heavy atom. The second kappa shape index (κ2) is 13.8. The third-order valence-electron chi connectivity index (χ3n) is 8.90. The van der Waals surface area contributed by atoms with Gasteiger partial charge in [-0.05, 0) is 60.7 Å². The first kappa shape index (κ1) is 32.6. The number of aromatic nitrogens is 3. The van der Waals surface area contributed by atoms with Gasteiger partial charge in [-0.2, -0.15) is 24.7 Å². The zero-order chi connectivity index (χ0) is 33.1. The number of piperidine rings is 1. The molecule has 6 rings (SSSR count). The fourth-order valence-electron chi connectivity index (χ4n) is 6.27. The topological polar surface area (TPSA) is 102 Å². The number of likely N-dealkylation sites (tertiary alicyclic amines) is 1. The average Bonchev–Trinajstić information content (AvgIpc) is 3.46. The van der Waals surface area contributed by atoms with Crippen molar-refractivity contribution in [3.63, 3.8) is 0 Å². The molecule has 4 aromatic rings. The minimum absolute atomic E-state index is 0.0663. The summed E-state index contributed by atoms with van der Waals surface area (Å²) in [5.41, 5.74) is 4.66. The second-order valence-electron chi connectivity index (χ2n) is 13.7. The lowest BCUT2D eigenvalue weighted by Gasteiger charge is -2.40. The van der Waals surface area contributed by atoms with Gasteiger partial charge < -0.3 is 24.6 Å². The molecule has 2 aromatic heterocycles.